The van der Waals surface area contributed by atoms with Crippen LogP contribution in [0, 0.1) is 6.92 Å². The van der Waals surface area contributed by atoms with Crippen molar-refractivity contribution in [3.63, 3.8) is 0 Å². The highest BCUT2D eigenvalue weighted by atomic mass is 16.6. The third-order valence-electron chi connectivity index (χ3n) is 10.3. The Morgan fingerprint density at radius 2 is 1.76 bits per heavy atom. The van der Waals surface area contributed by atoms with Gasteiger partial charge in [0.15, 0.2) is 6.10 Å². The number of H-pyrrole nitrogens is 1. The van der Waals surface area contributed by atoms with Crippen molar-refractivity contribution >= 4 is 34.7 Å². The molecule has 4 aliphatic heterocycles. The molecule has 1 atom stereocenters. The number of aryl methyl sites for hydroxylation is 1. The van der Waals surface area contributed by atoms with Crippen molar-refractivity contribution < 1.29 is 23.9 Å². The van der Waals surface area contributed by atoms with Gasteiger partial charge >= 0.3 is 12.2 Å². The predicted molar refractivity (Wildman–Crippen MR) is 173 cm³/mol. The van der Waals surface area contributed by atoms with Crippen LogP contribution in [0.3, 0.4) is 0 Å². The van der Waals surface area contributed by atoms with Crippen molar-refractivity contribution in [3.05, 3.63) is 59.3 Å². The minimum atomic E-state index is -0.959. The summed E-state index contributed by atoms with van der Waals surface area (Å²) in [6.07, 6.45) is 3.27. The van der Waals surface area contributed by atoms with Crippen LogP contribution in [0.1, 0.15) is 42.4 Å². The minimum absolute atomic E-state index is 0.156. The molecule has 3 amide bonds. The molecule has 46 heavy (non-hydrogen) atoms. The van der Waals surface area contributed by atoms with Crippen molar-refractivity contribution in [2.75, 3.05) is 64.7 Å². The second kappa shape index (κ2) is 12.6. The maximum atomic E-state index is 14.1. The molecule has 4 aliphatic rings. The highest BCUT2D eigenvalue weighted by molar-refractivity contribution is 5.89. The summed E-state index contributed by atoms with van der Waals surface area (Å²) in [4.78, 5) is 48.5. The number of hydrogen-bond acceptors (Lipinski definition) is 8. The first-order valence-corrected chi connectivity index (χ1v) is 16.5. The van der Waals surface area contributed by atoms with Gasteiger partial charge < -0.3 is 24.2 Å². The number of hydrogen-bond donors (Lipinski definition) is 2. The van der Waals surface area contributed by atoms with E-state index in [4.69, 9.17) is 9.47 Å². The van der Waals surface area contributed by atoms with Crippen molar-refractivity contribution in [2.45, 2.75) is 56.8 Å². The second-order valence-corrected chi connectivity index (χ2v) is 13.3. The topological polar surface area (TPSA) is 123 Å². The lowest BCUT2D eigenvalue weighted by Crippen LogP contribution is -2.56. The number of aromatic nitrogens is 2. The molecular formula is C34H43N7O5. The van der Waals surface area contributed by atoms with Crippen LogP contribution in [0.4, 0.5) is 15.3 Å². The highest BCUT2D eigenvalue weighted by Crippen LogP contribution is 2.43. The zero-order chi connectivity index (χ0) is 31.8. The fourth-order valence-electron chi connectivity index (χ4n) is 7.67. The molecule has 3 aromatic rings. The van der Waals surface area contributed by atoms with E-state index in [0.717, 1.165) is 72.3 Å². The van der Waals surface area contributed by atoms with Crippen molar-refractivity contribution in [1.82, 2.24) is 29.8 Å². The number of nitrogens with one attached hydrogen (secondary N) is 2. The van der Waals surface area contributed by atoms with E-state index in [1.54, 1.807) is 11.1 Å². The molecule has 3 saturated heterocycles. The average Bonchev–Trinajstić information content (AvgIpc) is 3.54. The van der Waals surface area contributed by atoms with Crippen LogP contribution in [0.2, 0.25) is 0 Å². The molecular weight excluding hydrogens is 586 g/mol. The first kappa shape index (κ1) is 30.5. The van der Waals surface area contributed by atoms with Crippen LogP contribution >= 0.6 is 0 Å². The molecule has 2 N–H and O–H groups in total. The van der Waals surface area contributed by atoms with Crippen LogP contribution in [0.25, 0.3) is 10.9 Å². The lowest BCUT2D eigenvalue weighted by atomic mass is 9.82. The van der Waals surface area contributed by atoms with Crippen LogP contribution in [0.5, 0.6) is 0 Å². The van der Waals surface area contributed by atoms with Crippen molar-refractivity contribution in [2.24, 2.45) is 0 Å². The minimum Gasteiger partial charge on any atom is -0.438 e. The van der Waals surface area contributed by atoms with Gasteiger partial charge in [-0.2, -0.15) is 5.10 Å². The maximum absolute atomic E-state index is 14.1. The number of rotatable bonds is 5. The summed E-state index contributed by atoms with van der Waals surface area (Å²) >= 11 is 0. The van der Waals surface area contributed by atoms with E-state index in [-0.39, 0.29) is 12.3 Å². The Bertz CT molecular complexity index is 1600. The summed E-state index contributed by atoms with van der Waals surface area (Å²) in [6.45, 7) is 7.78. The van der Waals surface area contributed by atoms with E-state index < -0.39 is 23.9 Å². The fraction of sp³-hybridized carbons (Fsp3) is 0.529. The maximum Gasteiger partial charge on any atom is 0.412 e. The first-order chi connectivity index (χ1) is 22.3. The van der Waals surface area contributed by atoms with Gasteiger partial charge in [0.05, 0.1) is 17.4 Å². The van der Waals surface area contributed by atoms with Crippen LogP contribution < -0.4 is 5.32 Å². The molecule has 0 bridgehead atoms. The number of fused-ring (bicyclic) bond motifs is 3. The summed E-state index contributed by atoms with van der Waals surface area (Å²) in [5.74, 6) is -0.156. The van der Waals surface area contributed by atoms with E-state index in [9.17, 15) is 14.4 Å². The van der Waals surface area contributed by atoms with Crippen LogP contribution in [-0.4, -0.2) is 119 Å². The number of anilines is 1. The number of carbonyl (C=O) groups excluding carboxylic acids is 3. The largest absolute Gasteiger partial charge is 0.438 e. The summed E-state index contributed by atoms with van der Waals surface area (Å²) in [5.41, 5.74) is 3.75. The molecule has 0 radical (unpaired) electrons. The number of carbonyl (C=O) groups is 3. The lowest BCUT2D eigenvalue weighted by Gasteiger charge is -2.44. The fourth-order valence-corrected chi connectivity index (χ4v) is 7.67. The Balaban J connectivity index is 1.05. The summed E-state index contributed by atoms with van der Waals surface area (Å²) < 4.78 is 11.9. The smallest absolute Gasteiger partial charge is 0.412 e. The molecule has 1 aromatic heterocycles. The van der Waals surface area contributed by atoms with Crippen LogP contribution in [-0.2, 0) is 26.3 Å². The number of likely N-dealkylation sites (tertiary alicyclic amines) is 2. The molecule has 1 spiro atoms. The SMILES string of the molecule is Cc1cc(C[C@@H](OC(=O)N2CCC3(CC2)OC(=O)Nc2ccccc23)C(=O)N2CCN(C3CCN(C)CC3)CC2)cc2cn[nH]c12. The Morgan fingerprint density at radius 3 is 2.52 bits per heavy atom. The Kier molecular flexibility index (Phi) is 8.33. The van der Waals surface area contributed by atoms with Gasteiger partial charge in [0, 0.05) is 75.5 Å². The number of piperazine rings is 1. The van der Waals surface area contributed by atoms with E-state index in [1.807, 2.05) is 48.2 Å². The first-order valence-electron chi connectivity index (χ1n) is 16.5. The molecule has 2 aromatic carbocycles. The van der Waals surface area contributed by atoms with E-state index >= 15 is 0 Å². The molecule has 5 heterocycles. The Morgan fingerprint density at radius 1 is 1.02 bits per heavy atom. The quantitative estimate of drug-likeness (QED) is 0.438. The molecule has 12 heteroatoms. The van der Waals surface area contributed by atoms with Gasteiger partial charge in [-0.05, 0) is 63.2 Å². The number of aromatic amines is 1. The standard InChI is InChI=1S/C34H43N7O5/c1-23-19-24(20-25-22-35-37-30(23)25)21-29(31(42)40-17-15-39(16-18-40)26-7-11-38(2)12-8-26)45-33(44)41-13-9-34(10-14-41)27-5-3-4-6-28(27)36-32(43)46-34/h3-6,19-20,22,26,29H,7-18,21H2,1-2H3,(H,35,37)(H,36,43)/t29-/m1/s1. The molecule has 3 fully saturated rings. The molecule has 0 saturated carbocycles. The monoisotopic (exact) mass is 629 g/mol. The second-order valence-electron chi connectivity index (χ2n) is 13.3. The average molecular weight is 630 g/mol. The lowest BCUT2D eigenvalue weighted by molar-refractivity contribution is -0.143. The Labute approximate surface area is 269 Å². The molecule has 7 rings (SSSR count). The van der Waals surface area contributed by atoms with Gasteiger partial charge in [-0.1, -0.05) is 24.3 Å². The third-order valence-corrected chi connectivity index (χ3v) is 10.3. The molecule has 12 nitrogen and oxygen atoms in total. The van der Waals surface area contributed by atoms with E-state index in [2.05, 4.69) is 32.4 Å². The molecule has 0 aliphatic carbocycles. The zero-order valence-corrected chi connectivity index (χ0v) is 26.7. The number of nitrogens with zero attached hydrogens (tertiary/aromatic N) is 5. The van der Waals surface area contributed by atoms with Gasteiger partial charge in [-0.3, -0.25) is 20.1 Å². The molecule has 244 valence electrons. The van der Waals surface area contributed by atoms with Gasteiger partial charge in [-0.25, -0.2) is 9.59 Å². The van der Waals surface area contributed by atoms with Gasteiger partial charge in [0.25, 0.3) is 5.91 Å². The number of ether oxygens (including phenoxy) is 2. The summed E-state index contributed by atoms with van der Waals surface area (Å²) in [6, 6.07) is 12.2. The van der Waals surface area contributed by atoms with Gasteiger partial charge in [0.2, 0.25) is 0 Å². The number of benzene rings is 2. The molecule has 0 unspecified atom stereocenters. The highest BCUT2D eigenvalue weighted by Gasteiger charge is 2.46. The number of piperidine rings is 2. The van der Waals surface area contributed by atoms with Gasteiger partial charge in [0.1, 0.15) is 5.60 Å². The summed E-state index contributed by atoms with van der Waals surface area (Å²) in [5, 5.41) is 10.9. The normalized spacial score (nSPS) is 21.5. The number of amides is 3. The third kappa shape index (κ3) is 6.03. The summed E-state index contributed by atoms with van der Waals surface area (Å²) in [7, 11) is 2.17. The van der Waals surface area contributed by atoms with E-state index in [0.29, 0.717) is 45.1 Å². The number of para-hydroxylation sites is 1. The van der Waals surface area contributed by atoms with E-state index in [1.165, 1.54) is 0 Å². The van der Waals surface area contributed by atoms with Crippen LogP contribution in [0.15, 0.2) is 42.6 Å². The Hall–Kier alpha value is -4.16. The van der Waals surface area contributed by atoms with Crippen molar-refractivity contribution in [1.29, 1.82) is 0 Å². The zero-order valence-electron chi connectivity index (χ0n) is 26.7. The van der Waals surface area contributed by atoms with Crippen molar-refractivity contribution in [3.8, 4) is 0 Å². The predicted octanol–water partition coefficient (Wildman–Crippen LogP) is 3.71. The van der Waals surface area contributed by atoms with Gasteiger partial charge in [-0.15, -0.1) is 0 Å².